The van der Waals surface area contributed by atoms with Crippen LogP contribution >= 0.6 is 50.5 Å². The largest absolute Gasteiger partial charge is 0.215 e. The van der Waals surface area contributed by atoms with E-state index in [2.05, 4.69) is 25.9 Å². The Kier molecular flexibility index (Phi) is 3.30. The third-order valence-electron chi connectivity index (χ3n) is 1.82. The van der Waals surface area contributed by atoms with Crippen molar-refractivity contribution < 1.29 is 0 Å². The van der Waals surface area contributed by atoms with Gasteiger partial charge < -0.3 is 0 Å². The minimum Gasteiger partial charge on any atom is -0.215 e. The standard InChI is InChI=1S/C9H5BrCl2N2S/c1-4-7(11)13-9(14-8(4)12)5-2-3-6(10)15-5/h2-3H,1H3. The molecule has 0 amide bonds. The number of hydrogen-bond donors (Lipinski definition) is 0. The molecule has 0 aliphatic carbocycles. The molecule has 0 spiro atoms. The van der Waals surface area contributed by atoms with Gasteiger partial charge in [-0.3, -0.25) is 0 Å². The number of thiophene rings is 1. The zero-order chi connectivity index (χ0) is 11.0. The highest BCUT2D eigenvalue weighted by molar-refractivity contribution is 9.11. The van der Waals surface area contributed by atoms with Crippen LogP contribution in [0, 0.1) is 6.92 Å². The molecule has 0 N–H and O–H groups in total. The van der Waals surface area contributed by atoms with Crippen LogP contribution in [0.2, 0.25) is 10.3 Å². The van der Waals surface area contributed by atoms with Crippen LogP contribution in [0.1, 0.15) is 5.56 Å². The zero-order valence-electron chi connectivity index (χ0n) is 7.59. The Bertz CT molecular complexity index is 490. The van der Waals surface area contributed by atoms with Crippen molar-refractivity contribution in [2.45, 2.75) is 6.92 Å². The smallest absolute Gasteiger partial charge is 0.172 e. The van der Waals surface area contributed by atoms with Gasteiger partial charge in [-0.05, 0) is 35.0 Å². The molecule has 0 atom stereocenters. The molecule has 2 aromatic heterocycles. The minimum absolute atomic E-state index is 0.398. The van der Waals surface area contributed by atoms with Crippen molar-refractivity contribution in [3.05, 3.63) is 31.8 Å². The molecule has 0 aromatic carbocycles. The van der Waals surface area contributed by atoms with Crippen LogP contribution in [0.4, 0.5) is 0 Å². The van der Waals surface area contributed by atoms with Crippen LogP contribution in [0.15, 0.2) is 15.9 Å². The minimum atomic E-state index is 0.398. The van der Waals surface area contributed by atoms with E-state index in [1.165, 1.54) is 11.3 Å². The average Bonchev–Trinajstić information content (AvgIpc) is 2.60. The van der Waals surface area contributed by atoms with E-state index in [1.807, 2.05) is 12.1 Å². The number of rotatable bonds is 1. The maximum Gasteiger partial charge on any atom is 0.172 e. The molecule has 0 aliphatic rings. The maximum atomic E-state index is 5.93. The van der Waals surface area contributed by atoms with Gasteiger partial charge in [-0.2, -0.15) is 0 Å². The van der Waals surface area contributed by atoms with Crippen LogP contribution in [0.3, 0.4) is 0 Å². The summed E-state index contributed by atoms with van der Waals surface area (Å²) >= 11 is 16.8. The van der Waals surface area contributed by atoms with Gasteiger partial charge in [0.05, 0.1) is 8.66 Å². The topological polar surface area (TPSA) is 25.8 Å². The van der Waals surface area contributed by atoms with E-state index in [0.29, 0.717) is 21.7 Å². The Balaban J connectivity index is 2.55. The molecule has 2 rings (SSSR count). The Morgan fingerprint density at radius 2 is 1.80 bits per heavy atom. The second kappa shape index (κ2) is 4.37. The van der Waals surface area contributed by atoms with Crippen molar-refractivity contribution in [3.63, 3.8) is 0 Å². The van der Waals surface area contributed by atoms with Crippen LogP contribution in [-0.4, -0.2) is 9.97 Å². The number of hydrogen-bond acceptors (Lipinski definition) is 3. The van der Waals surface area contributed by atoms with Crippen LogP contribution in [-0.2, 0) is 0 Å². The highest BCUT2D eigenvalue weighted by atomic mass is 79.9. The normalized spacial score (nSPS) is 10.7. The third-order valence-corrected chi connectivity index (χ3v) is 4.18. The maximum absolute atomic E-state index is 5.93. The quantitative estimate of drug-likeness (QED) is 0.718. The van der Waals surface area contributed by atoms with Crippen molar-refractivity contribution in [1.29, 1.82) is 0 Å². The van der Waals surface area contributed by atoms with Gasteiger partial charge in [0.1, 0.15) is 10.3 Å². The lowest BCUT2D eigenvalue weighted by Gasteiger charge is -2.02. The van der Waals surface area contributed by atoms with Gasteiger partial charge in [0.2, 0.25) is 0 Å². The fraction of sp³-hybridized carbons (Fsp3) is 0.111. The van der Waals surface area contributed by atoms with Gasteiger partial charge in [-0.1, -0.05) is 23.2 Å². The van der Waals surface area contributed by atoms with Crippen molar-refractivity contribution in [2.75, 3.05) is 0 Å². The molecule has 0 bridgehead atoms. The van der Waals surface area contributed by atoms with E-state index < -0.39 is 0 Å². The molecular weight excluding hydrogens is 319 g/mol. The van der Waals surface area contributed by atoms with Crippen molar-refractivity contribution in [1.82, 2.24) is 9.97 Å². The predicted octanol–water partition coefficient (Wildman–Crippen LogP) is 4.58. The van der Waals surface area contributed by atoms with Gasteiger partial charge in [0, 0.05) is 5.56 Å². The lowest BCUT2D eigenvalue weighted by molar-refractivity contribution is 1.15. The summed E-state index contributed by atoms with van der Waals surface area (Å²) in [6.07, 6.45) is 0. The van der Waals surface area contributed by atoms with Crippen LogP contribution < -0.4 is 0 Å². The molecule has 0 saturated carbocycles. The third kappa shape index (κ3) is 2.33. The first-order valence-electron chi connectivity index (χ1n) is 4.03. The van der Waals surface area contributed by atoms with Gasteiger partial charge in [0.15, 0.2) is 5.82 Å². The highest BCUT2D eigenvalue weighted by Crippen LogP contribution is 2.31. The SMILES string of the molecule is Cc1c(Cl)nc(-c2ccc(Br)s2)nc1Cl. The van der Waals surface area contributed by atoms with Gasteiger partial charge in [-0.25, -0.2) is 9.97 Å². The summed E-state index contributed by atoms with van der Waals surface area (Å²) in [7, 11) is 0. The van der Waals surface area contributed by atoms with E-state index in [9.17, 15) is 0 Å². The molecule has 2 heterocycles. The molecule has 0 saturated heterocycles. The van der Waals surface area contributed by atoms with E-state index in [-0.39, 0.29) is 0 Å². The number of nitrogens with zero attached hydrogens (tertiary/aromatic N) is 2. The molecule has 2 nitrogen and oxygen atoms in total. The summed E-state index contributed by atoms with van der Waals surface area (Å²) in [5.41, 5.74) is 0.706. The summed E-state index contributed by atoms with van der Waals surface area (Å²) in [5, 5.41) is 0.795. The summed E-state index contributed by atoms with van der Waals surface area (Å²) in [6.45, 7) is 1.79. The van der Waals surface area contributed by atoms with Gasteiger partial charge in [-0.15, -0.1) is 11.3 Å². The molecular formula is C9H5BrCl2N2S. The van der Waals surface area contributed by atoms with Gasteiger partial charge >= 0.3 is 0 Å². The summed E-state index contributed by atoms with van der Waals surface area (Å²) < 4.78 is 1.02. The second-order valence-corrected chi connectivity index (χ2v) is 6.04. The Morgan fingerprint density at radius 1 is 1.20 bits per heavy atom. The summed E-state index contributed by atoms with van der Waals surface area (Å²) in [4.78, 5) is 9.29. The molecule has 6 heteroatoms. The monoisotopic (exact) mass is 322 g/mol. The first kappa shape index (κ1) is 11.3. The lowest BCUT2D eigenvalue weighted by Crippen LogP contribution is -1.92. The molecule has 15 heavy (non-hydrogen) atoms. The van der Waals surface area contributed by atoms with E-state index in [4.69, 9.17) is 23.2 Å². The highest BCUT2D eigenvalue weighted by Gasteiger charge is 2.10. The summed E-state index contributed by atoms with van der Waals surface area (Å²) in [6, 6.07) is 3.86. The van der Waals surface area contributed by atoms with Crippen molar-refractivity contribution >= 4 is 50.5 Å². The lowest BCUT2D eigenvalue weighted by atomic mass is 10.3. The first-order chi connectivity index (χ1) is 7.08. The van der Waals surface area contributed by atoms with Gasteiger partial charge in [0.25, 0.3) is 0 Å². The van der Waals surface area contributed by atoms with E-state index >= 15 is 0 Å². The fourth-order valence-electron chi connectivity index (χ4n) is 1.01. The molecule has 78 valence electrons. The van der Waals surface area contributed by atoms with Crippen LogP contribution in [0.25, 0.3) is 10.7 Å². The van der Waals surface area contributed by atoms with E-state index in [0.717, 1.165) is 8.66 Å². The Labute approximate surface area is 109 Å². The first-order valence-corrected chi connectivity index (χ1v) is 6.40. The molecule has 2 aromatic rings. The number of halogens is 3. The Morgan fingerprint density at radius 3 is 2.27 bits per heavy atom. The molecule has 0 unspecified atom stereocenters. The Hall–Kier alpha value is -0.160. The second-order valence-electron chi connectivity index (χ2n) is 2.86. The van der Waals surface area contributed by atoms with Crippen molar-refractivity contribution in [3.8, 4) is 10.7 Å². The predicted molar refractivity (Wildman–Crippen MR) is 67.8 cm³/mol. The zero-order valence-corrected chi connectivity index (χ0v) is 11.5. The molecule has 0 fully saturated rings. The molecule has 0 radical (unpaired) electrons. The average molecular weight is 324 g/mol. The summed E-state index contributed by atoms with van der Waals surface area (Å²) in [5.74, 6) is 0.561. The number of aromatic nitrogens is 2. The fourth-order valence-corrected chi connectivity index (χ4v) is 2.72. The van der Waals surface area contributed by atoms with Crippen molar-refractivity contribution in [2.24, 2.45) is 0 Å². The van der Waals surface area contributed by atoms with E-state index in [1.54, 1.807) is 6.92 Å². The molecule has 0 aliphatic heterocycles. The van der Waals surface area contributed by atoms with Crippen LogP contribution in [0.5, 0.6) is 0 Å².